The van der Waals surface area contributed by atoms with Gasteiger partial charge in [0.2, 0.25) is 0 Å². The number of benzene rings is 1. The molecule has 0 spiro atoms. The second-order valence-electron chi connectivity index (χ2n) is 6.89. The zero-order valence-electron chi connectivity index (χ0n) is 13.1. The summed E-state index contributed by atoms with van der Waals surface area (Å²) in [7, 11) is 0. The molecule has 2 fully saturated rings. The Morgan fingerprint density at radius 2 is 1.86 bits per heavy atom. The third kappa shape index (κ3) is 4.29. The van der Waals surface area contributed by atoms with Crippen LogP contribution in [-0.4, -0.2) is 43.2 Å². The van der Waals surface area contributed by atoms with Crippen molar-refractivity contribution in [2.24, 2.45) is 11.7 Å². The Morgan fingerprint density at radius 1 is 1.14 bits per heavy atom. The van der Waals surface area contributed by atoms with Crippen LogP contribution in [0.25, 0.3) is 0 Å². The van der Waals surface area contributed by atoms with Crippen molar-refractivity contribution < 1.29 is 0 Å². The fraction of sp³-hybridized carbons (Fsp3) is 0.667. The van der Waals surface area contributed by atoms with Gasteiger partial charge in [0.1, 0.15) is 0 Å². The molecule has 1 aliphatic heterocycles. The van der Waals surface area contributed by atoms with Gasteiger partial charge < -0.3 is 16.0 Å². The van der Waals surface area contributed by atoms with Crippen molar-refractivity contribution in [1.29, 1.82) is 0 Å². The third-order valence-corrected chi connectivity index (χ3v) is 5.23. The van der Waals surface area contributed by atoms with Gasteiger partial charge in [-0.15, -0.1) is 0 Å². The Kier molecular flexibility index (Phi) is 4.94. The summed E-state index contributed by atoms with van der Waals surface area (Å²) >= 11 is 0. The van der Waals surface area contributed by atoms with Gasteiger partial charge in [-0.2, -0.15) is 0 Å². The minimum absolute atomic E-state index is 0.214. The van der Waals surface area contributed by atoms with Crippen molar-refractivity contribution in [2.75, 3.05) is 32.7 Å². The topological polar surface area (TPSA) is 41.3 Å². The van der Waals surface area contributed by atoms with Crippen LogP contribution in [0.4, 0.5) is 0 Å². The quantitative estimate of drug-likeness (QED) is 0.806. The average Bonchev–Trinajstić information content (AvgIpc) is 3.37. The summed E-state index contributed by atoms with van der Waals surface area (Å²) in [6, 6.07) is 10.8. The lowest BCUT2D eigenvalue weighted by Gasteiger charge is -2.42. The van der Waals surface area contributed by atoms with E-state index in [1.54, 1.807) is 0 Å². The first-order valence-corrected chi connectivity index (χ1v) is 8.51. The molecular weight excluding hydrogens is 258 g/mol. The maximum Gasteiger partial charge on any atom is 0.0328 e. The third-order valence-electron chi connectivity index (χ3n) is 5.23. The molecule has 1 saturated heterocycles. The second kappa shape index (κ2) is 6.91. The molecule has 1 aliphatic carbocycles. The van der Waals surface area contributed by atoms with Crippen molar-refractivity contribution in [3.8, 4) is 0 Å². The van der Waals surface area contributed by atoms with Gasteiger partial charge in [-0.1, -0.05) is 30.3 Å². The zero-order valence-corrected chi connectivity index (χ0v) is 13.1. The van der Waals surface area contributed by atoms with E-state index >= 15 is 0 Å². The summed E-state index contributed by atoms with van der Waals surface area (Å²) in [6.07, 6.45) is 6.38. The van der Waals surface area contributed by atoms with Crippen LogP contribution in [0.5, 0.6) is 0 Å². The molecule has 3 N–H and O–H groups in total. The lowest BCUT2D eigenvalue weighted by atomic mass is 9.87. The Hall–Kier alpha value is -0.900. The number of hydrogen-bond donors (Lipinski definition) is 2. The van der Waals surface area contributed by atoms with Crippen molar-refractivity contribution in [1.82, 2.24) is 10.2 Å². The van der Waals surface area contributed by atoms with Gasteiger partial charge in [0.05, 0.1) is 0 Å². The highest BCUT2D eigenvalue weighted by Gasteiger charge is 2.34. The second-order valence-corrected chi connectivity index (χ2v) is 6.89. The summed E-state index contributed by atoms with van der Waals surface area (Å²) in [5.74, 6) is 0.935. The lowest BCUT2D eigenvalue weighted by molar-refractivity contribution is 0.139. The minimum Gasteiger partial charge on any atom is -0.329 e. The van der Waals surface area contributed by atoms with Gasteiger partial charge in [0.15, 0.2) is 0 Å². The Morgan fingerprint density at radius 3 is 2.48 bits per heavy atom. The first-order valence-electron chi connectivity index (χ1n) is 8.51. The Bertz CT molecular complexity index is 419. The molecule has 0 atom stereocenters. The van der Waals surface area contributed by atoms with Crippen molar-refractivity contribution in [2.45, 2.75) is 37.6 Å². The van der Waals surface area contributed by atoms with Crippen LogP contribution < -0.4 is 11.1 Å². The molecule has 3 heteroatoms. The smallest absolute Gasteiger partial charge is 0.0328 e. The largest absolute Gasteiger partial charge is 0.329 e. The van der Waals surface area contributed by atoms with Crippen LogP contribution in [0.2, 0.25) is 0 Å². The molecule has 1 heterocycles. The standard InChI is InChI=1S/C18H29N3/c19-15-18(20-14-17-6-7-17)9-12-21(13-10-18)11-8-16-4-2-1-3-5-16/h1-5,17,20H,6-15,19H2. The fourth-order valence-electron chi connectivity index (χ4n) is 3.27. The molecule has 3 rings (SSSR count). The highest BCUT2D eigenvalue weighted by Crippen LogP contribution is 2.30. The molecular formula is C18H29N3. The summed E-state index contributed by atoms with van der Waals surface area (Å²) in [4.78, 5) is 2.60. The van der Waals surface area contributed by atoms with E-state index in [2.05, 4.69) is 40.5 Å². The van der Waals surface area contributed by atoms with Gasteiger partial charge in [0, 0.05) is 18.6 Å². The first kappa shape index (κ1) is 15.0. The van der Waals surface area contributed by atoms with Crippen LogP contribution in [0.1, 0.15) is 31.2 Å². The monoisotopic (exact) mass is 287 g/mol. The zero-order chi connectivity index (χ0) is 14.5. The van der Waals surface area contributed by atoms with E-state index in [-0.39, 0.29) is 5.54 Å². The maximum absolute atomic E-state index is 6.07. The molecule has 2 aliphatic rings. The van der Waals surface area contributed by atoms with E-state index < -0.39 is 0 Å². The number of piperidine rings is 1. The van der Waals surface area contributed by atoms with Gasteiger partial charge in [-0.3, -0.25) is 0 Å². The summed E-state index contributed by atoms with van der Waals surface area (Å²) in [5, 5.41) is 3.79. The predicted octanol–water partition coefficient (Wildman–Crippen LogP) is 2.02. The van der Waals surface area contributed by atoms with E-state index in [4.69, 9.17) is 5.73 Å². The SMILES string of the molecule is NCC1(NCC2CC2)CCN(CCc2ccccc2)CC1. The number of nitrogens with two attached hydrogens (primary N) is 1. The number of nitrogens with one attached hydrogen (secondary N) is 1. The summed E-state index contributed by atoms with van der Waals surface area (Å²) in [5.41, 5.74) is 7.73. The molecule has 0 amide bonds. The average molecular weight is 287 g/mol. The molecule has 1 aromatic carbocycles. The van der Waals surface area contributed by atoms with E-state index in [9.17, 15) is 0 Å². The number of rotatable bonds is 7. The lowest BCUT2D eigenvalue weighted by Crippen LogP contribution is -2.58. The normalized spacial score (nSPS) is 22.3. The molecule has 21 heavy (non-hydrogen) atoms. The number of nitrogens with zero attached hydrogens (tertiary/aromatic N) is 1. The molecule has 0 bridgehead atoms. The molecule has 3 nitrogen and oxygen atoms in total. The van der Waals surface area contributed by atoms with Crippen LogP contribution in [0.15, 0.2) is 30.3 Å². The number of hydrogen-bond acceptors (Lipinski definition) is 3. The fourth-order valence-corrected chi connectivity index (χ4v) is 3.27. The Balaban J connectivity index is 1.42. The summed E-state index contributed by atoms with van der Waals surface area (Å²) < 4.78 is 0. The predicted molar refractivity (Wildman–Crippen MR) is 88.3 cm³/mol. The Labute approximate surface area is 128 Å². The van der Waals surface area contributed by atoms with Gasteiger partial charge in [0.25, 0.3) is 0 Å². The van der Waals surface area contributed by atoms with Crippen LogP contribution >= 0.6 is 0 Å². The van der Waals surface area contributed by atoms with Gasteiger partial charge in [-0.05, 0) is 63.2 Å². The molecule has 0 aromatic heterocycles. The maximum atomic E-state index is 6.07. The van der Waals surface area contributed by atoms with Crippen molar-refractivity contribution in [3.63, 3.8) is 0 Å². The van der Waals surface area contributed by atoms with Crippen molar-refractivity contribution in [3.05, 3.63) is 35.9 Å². The van der Waals surface area contributed by atoms with Crippen LogP contribution in [-0.2, 0) is 6.42 Å². The van der Waals surface area contributed by atoms with E-state index in [1.807, 2.05) is 0 Å². The van der Waals surface area contributed by atoms with E-state index in [1.165, 1.54) is 57.4 Å². The first-order chi connectivity index (χ1) is 10.3. The molecule has 1 aromatic rings. The van der Waals surface area contributed by atoms with Crippen LogP contribution in [0.3, 0.4) is 0 Å². The highest BCUT2D eigenvalue weighted by molar-refractivity contribution is 5.15. The van der Waals surface area contributed by atoms with E-state index in [0.29, 0.717) is 0 Å². The molecule has 0 radical (unpaired) electrons. The minimum atomic E-state index is 0.214. The molecule has 1 saturated carbocycles. The number of likely N-dealkylation sites (tertiary alicyclic amines) is 1. The molecule has 116 valence electrons. The molecule has 0 unspecified atom stereocenters. The van der Waals surface area contributed by atoms with E-state index in [0.717, 1.165) is 18.9 Å². The summed E-state index contributed by atoms with van der Waals surface area (Å²) in [6.45, 7) is 5.50. The highest BCUT2D eigenvalue weighted by atomic mass is 15.2. The van der Waals surface area contributed by atoms with Gasteiger partial charge in [-0.25, -0.2) is 0 Å². The van der Waals surface area contributed by atoms with Crippen molar-refractivity contribution >= 4 is 0 Å². The van der Waals surface area contributed by atoms with Crippen LogP contribution in [0, 0.1) is 5.92 Å². The van der Waals surface area contributed by atoms with Gasteiger partial charge >= 0.3 is 0 Å².